The third-order valence-corrected chi connectivity index (χ3v) is 4.11. The average Bonchev–Trinajstić information content (AvgIpc) is 3.11. The highest BCUT2D eigenvalue weighted by Gasteiger charge is 2.16. The molecule has 0 fully saturated rings. The summed E-state index contributed by atoms with van der Waals surface area (Å²) in [5.41, 5.74) is 3.04. The van der Waals surface area contributed by atoms with Crippen LogP contribution in [-0.2, 0) is 19.6 Å². The smallest absolute Gasteiger partial charge is 0.0945 e. The minimum absolute atomic E-state index is 1.11. The molecule has 0 atom stereocenters. The van der Waals surface area contributed by atoms with E-state index in [1.807, 2.05) is 18.7 Å². The first-order valence-corrected chi connectivity index (χ1v) is 7.67. The third kappa shape index (κ3) is 3.48. The second-order valence-corrected chi connectivity index (χ2v) is 5.69. The first kappa shape index (κ1) is 13.4. The number of nitrogens with zero attached hydrogens (tertiary/aromatic N) is 3. The molecule has 0 unspecified atom stereocenters. The molecular weight excluding hydrogens is 246 g/mol. The Bertz CT molecular complexity index is 494. The zero-order chi connectivity index (χ0) is 13.6. The lowest BCUT2D eigenvalue weighted by atomic mass is 10.1. The van der Waals surface area contributed by atoms with Crippen LogP contribution in [0.25, 0.3) is 0 Å². The number of unbranched alkanes of at least 4 members (excludes halogenated alkanes) is 3. The number of hydrogen-bond acceptors (Lipinski definition) is 2. The molecule has 20 heavy (non-hydrogen) atoms. The lowest BCUT2D eigenvalue weighted by molar-refractivity contribution is 0.276. The van der Waals surface area contributed by atoms with E-state index in [0.717, 1.165) is 19.6 Å². The molecule has 1 aromatic heterocycles. The molecule has 2 heterocycles. The average molecular weight is 269 g/mol. The molecule has 106 valence electrons. The van der Waals surface area contributed by atoms with Crippen LogP contribution in [-0.4, -0.2) is 21.0 Å². The highest BCUT2D eigenvalue weighted by Crippen LogP contribution is 2.22. The Hall–Kier alpha value is -1.61. The van der Waals surface area contributed by atoms with E-state index in [0.29, 0.717) is 0 Å². The van der Waals surface area contributed by atoms with Crippen LogP contribution in [0.3, 0.4) is 0 Å². The van der Waals surface area contributed by atoms with Gasteiger partial charge >= 0.3 is 0 Å². The molecule has 0 saturated heterocycles. The van der Waals surface area contributed by atoms with Crippen LogP contribution < -0.4 is 0 Å². The van der Waals surface area contributed by atoms with E-state index < -0.39 is 0 Å². The summed E-state index contributed by atoms with van der Waals surface area (Å²) >= 11 is 0. The number of aromatic nitrogens is 2. The molecule has 1 aromatic carbocycles. The van der Waals surface area contributed by atoms with E-state index in [1.54, 1.807) is 0 Å². The Morgan fingerprint density at radius 2 is 1.60 bits per heavy atom. The molecule has 0 spiro atoms. The van der Waals surface area contributed by atoms with Crippen LogP contribution in [0.5, 0.6) is 0 Å². The van der Waals surface area contributed by atoms with Gasteiger partial charge in [0.1, 0.15) is 0 Å². The fourth-order valence-electron chi connectivity index (χ4n) is 2.96. The lowest BCUT2D eigenvalue weighted by Crippen LogP contribution is -2.17. The molecule has 0 aliphatic carbocycles. The van der Waals surface area contributed by atoms with Crippen molar-refractivity contribution in [1.29, 1.82) is 0 Å². The van der Waals surface area contributed by atoms with Gasteiger partial charge in [0, 0.05) is 32.0 Å². The quantitative estimate of drug-likeness (QED) is 0.718. The first-order valence-electron chi connectivity index (χ1n) is 7.67. The fourth-order valence-corrected chi connectivity index (χ4v) is 2.96. The van der Waals surface area contributed by atoms with Gasteiger partial charge in [-0.3, -0.25) is 4.90 Å². The Balaban J connectivity index is 1.28. The predicted molar refractivity (Wildman–Crippen MR) is 81.3 cm³/mol. The van der Waals surface area contributed by atoms with Gasteiger partial charge in [0.25, 0.3) is 0 Å². The van der Waals surface area contributed by atoms with Gasteiger partial charge in [-0.15, -0.1) is 0 Å². The summed E-state index contributed by atoms with van der Waals surface area (Å²) in [5, 5.41) is 0. The van der Waals surface area contributed by atoms with E-state index in [9.17, 15) is 0 Å². The Kier molecular flexibility index (Phi) is 4.49. The minimum atomic E-state index is 1.11. The summed E-state index contributed by atoms with van der Waals surface area (Å²) in [6.45, 7) is 4.63. The maximum absolute atomic E-state index is 4.07. The van der Waals surface area contributed by atoms with Crippen LogP contribution in [0.1, 0.15) is 36.8 Å². The zero-order valence-electron chi connectivity index (χ0n) is 12.0. The van der Waals surface area contributed by atoms with Crippen LogP contribution in [0.4, 0.5) is 0 Å². The van der Waals surface area contributed by atoms with E-state index in [1.165, 1.54) is 43.4 Å². The van der Waals surface area contributed by atoms with Crippen LogP contribution in [0, 0.1) is 0 Å². The van der Waals surface area contributed by atoms with Crippen LogP contribution >= 0.6 is 0 Å². The van der Waals surface area contributed by atoms with Gasteiger partial charge in [-0.2, -0.15) is 0 Å². The van der Waals surface area contributed by atoms with Crippen LogP contribution in [0.15, 0.2) is 43.0 Å². The van der Waals surface area contributed by atoms with Crippen molar-refractivity contribution in [2.24, 2.45) is 0 Å². The van der Waals surface area contributed by atoms with Gasteiger partial charge < -0.3 is 4.57 Å². The molecule has 3 nitrogen and oxygen atoms in total. The topological polar surface area (TPSA) is 21.1 Å². The van der Waals surface area contributed by atoms with Gasteiger partial charge in [-0.25, -0.2) is 4.98 Å². The summed E-state index contributed by atoms with van der Waals surface area (Å²) in [5.74, 6) is 0. The van der Waals surface area contributed by atoms with Crippen molar-refractivity contribution in [2.45, 2.75) is 45.3 Å². The molecular formula is C17H23N3. The summed E-state index contributed by atoms with van der Waals surface area (Å²) in [6, 6.07) is 8.83. The van der Waals surface area contributed by atoms with E-state index in [2.05, 4.69) is 38.7 Å². The van der Waals surface area contributed by atoms with E-state index >= 15 is 0 Å². The van der Waals surface area contributed by atoms with Crippen LogP contribution in [0.2, 0.25) is 0 Å². The maximum atomic E-state index is 4.07. The van der Waals surface area contributed by atoms with Gasteiger partial charge in [-0.05, 0) is 30.5 Å². The maximum Gasteiger partial charge on any atom is 0.0945 e. The van der Waals surface area contributed by atoms with Gasteiger partial charge in [0.2, 0.25) is 0 Å². The Morgan fingerprint density at radius 3 is 2.25 bits per heavy atom. The van der Waals surface area contributed by atoms with Crippen molar-refractivity contribution in [3.05, 3.63) is 54.1 Å². The zero-order valence-corrected chi connectivity index (χ0v) is 12.0. The number of aryl methyl sites for hydroxylation is 1. The van der Waals surface area contributed by atoms with Crippen molar-refractivity contribution in [2.75, 3.05) is 6.54 Å². The third-order valence-electron chi connectivity index (χ3n) is 4.11. The number of benzene rings is 1. The van der Waals surface area contributed by atoms with Crippen molar-refractivity contribution in [1.82, 2.24) is 14.5 Å². The lowest BCUT2D eigenvalue weighted by Gasteiger charge is -2.14. The van der Waals surface area contributed by atoms with Crippen molar-refractivity contribution in [3.8, 4) is 0 Å². The van der Waals surface area contributed by atoms with Gasteiger partial charge in [-0.1, -0.05) is 37.1 Å². The second-order valence-electron chi connectivity index (χ2n) is 5.69. The largest absolute Gasteiger partial charge is 0.337 e. The monoisotopic (exact) mass is 269 g/mol. The normalized spacial score (nSPS) is 14.6. The summed E-state index contributed by atoms with van der Waals surface area (Å²) in [7, 11) is 0. The molecule has 0 bridgehead atoms. The predicted octanol–water partition coefficient (Wildman–Crippen LogP) is 3.46. The van der Waals surface area contributed by atoms with E-state index in [-0.39, 0.29) is 0 Å². The molecule has 3 heteroatoms. The number of hydrogen-bond donors (Lipinski definition) is 0. The molecule has 3 rings (SSSR count). The molecule has 0 amide bonds. The molecule has 2 aromatic rings. The van der Waals surface area contributed by atoms with Crippen molar-refractivity contribution < 1.29 is 0 Å². The minimum Gasteiger partial charge on any atom is -0.337 e. The number of imidazole rings is 1. The fraction of sp³-hybridized carbons (Fsp3) is 0.471. The highest BCUT2D eigenvalue weighted by atomic mass is 15.1. The molecule has 1 aliphatic heterocycles. The molecule has 0 saturated carbocycles. The van der Waals surface area contributed by atoms with Crippen molar-refractivity contribution >= 4 is 0 Å². The highest BCUT2D eigenvalue weighted by molar-refractivity contribution is 5.30. The summed E-state index contributed by atoms with van der Waals surface area (Å²) in [4.78, 5) is 6.64. The molecule has 0 N–H and O–H groups in total. The van der Waals surface area contributed by atoms with E-state index in [4.69, 9.17) is 0 Å². The Labute approximate surface area is 121 Å². The first-order chi connectivity index (χ1) is 9.92. The SMILES string of the molecule is c1ccc2c(c1)CN(CCCCCCn1ccnc1)C2. The number of fused-ring (bicyclic) bond motifs is 1. The van der Waals surface area contributed by atoms with Gasteiger partial charge in [0.15, 0.2) is 0 Å². The number of rotatable bonds is 7. The summed E-state index contributed by atoms with van der Waals surface area (Å²) in [6.07, 6.45) is 11.0. The standard InChI is InChI=1S/C17H23N3/c1(5-10-19-12-9-18-15-19)2-6-11-20-13-16-7-3-4-8-17(16)14-20/h3-4,7-9,12,15H,1-2,5-6,10-11,13-14H2. The molecule has 0 radical (unpaired) electrons. The summed E-state index contributed by atoms with van der Waals surface area (Å²) < 4.78 is 2.16. The van der Waals surface area contributed by atoms with Gasteiger partial charge in [0.05, 0.1) is 6.33 Å². The van der Waals surface area contributed by atoms with Crippen molar-refractivity contribution in [3.63, 3.8) is 0 Å². The Morgan fingerprint density at radius 1 is 0.900 bits per heavy atom. The second kappa shape index (κ2) is 6.71. The molecule has 1 aliphatic rings.